The van der Waals surface area contributed by atoms with Crippen LogP contribution in [0, 0.1) is 5.82 Å². The van der Waals surface area contributed by atoms with Crippen molar-refractivity contribution in [3.63, 3.8) is 0 Å². The minimum atomic E-state index is -0.711. The van der Waals surface area contributed by atoms with Gasteiger partial charge in [0.25, 0.3) is 0 Å². The van der Waals surface area contributed by atoms with Gasteiger partial charge in [-0.05, 0) is 39.0 Å². The molecule has 1 aromatic rings. The van der Waals surface area contributed by atoms with Gasteiger partial charge < -0.3 is 10.5 Å². The molecule has 0 heterocycles. The number of hydrogen-bond acceptors (Lipinski definition) is 3. The molecule has 0 spiro atoms. The lowest BCUT2D eigenvalue weighted by atomic mass is 10.2. The Labute approximate surface area is 93.6 Å². The molecule has 0 saturated carbocycles. The van der Waals surface area contributed by atoms with E-state index >= 15 is 0 Å². The first-order valence-corrected chi connectivity index (χ1v) is 4.83. The van der Waals surface area contributed by atoms with E-state index < -0.39 is 17.5 Å². The number of benzene rings is 1. The summed E-state index contributed by atoms with van der Waals surface area (Å²) in [6.07, 6.45) is -0.711. The number of nitrogen functional groups attached to an aromatic ring is 1. The van der Waals surface area contributed by atoms with Crippen LogP contribution in [0.2, 0.25) is 0 Å². The third-order valence-electron chi connectivity index (χ3n) is 1.63. The SMILES string of the molecule is CC(C)(C)OC(=O)Nc1cc(N)ccc1F. The molecule has 16 heavy (non-hydrogen) atoms. The Hall–Kier alpha value is -1.78. The Morgan fingerprint density at radius 2 is 2.06 bits per heavy atom. The van der Waals surface area contributed by atoms with Crippen molar-refractivity contribution in [3.8, 4) is 0 Å². The van der Waals surface area contributed by atoms with Gasteiger partial charge in [0.1, 0.15) is 11.4 Å². The molecule has 1 aromatic carbocycles. The molecule has 4 nitrogen and oxygen atoms in total. The second-order valence-electron chi connectivity index (χ2n) is 4.37. The average molecular weight is 226 g/mol. The molecule has 0 atom stereocenters. The number of amides is 1. The topological polar surface area (TPSA) is 64.3 Å². The molecule has 1 rings (SSSR count). The number of carbonyl (C=O) groups is 1. The fraction of sp³-hybridized carbons (Fsp3) is 0.364. The van der Waals surface area contributed by atoms with E-state index in [1.54, 1.807) is 20.8 Å². The second-order valence-corrected chi connectivity index (χ2v) is 4.37. The maximum Gasteiger partial charge on any atom is 0.412 e. The molecular formula is C11H15FN2O2. The zero-order chi connectivity index (χ0) is 12.3. The third kappa shape index (κ3) is 3.76. The molecule has 1 amide bonds. The second kappa shape index (κ2) is 4.38. The van der Waals surface area contributed by atoms with Crippen LogP contribution < -0.4 is 11.1 Å². The fourth-order valence-corrected chi connectivity index (χ4v) is 1.05. The molecule has 0 aliphatic rings. The molecular weight excluding hydrogens is 211 g/mol. The van der Waals surface area contributed by atoms with Crippen LogP contribution in [0.15, 0.2) is 18.2 Å². The number of hydrogen-bond donors (Lipinski definition) is 2. The molecule has 0 aromatic heterocycles. The highest BCUT2D eigenvalue weighted by molar-refractivity contribution is 5.85. The van der Waals surface area contributed by atoms with Crippen LogP contribution in [0.25, 0.3) is 0 Å². The van der Waals surface area contributed by atoms with E-state index in [2.05, 4.69) is 5.32 Å². The van der Waals surface area contributed by atoms with Gasteiger partial charge in [-0.1, -0.05) is 0 Å². The van der Waals surface area contributed by atoms with E-state index in [-0.39, 0.29) is 5.69 Å². The van der Waals surface area contributed by atoms with Crippen LogP contribution in [0.3, 0.4) is 0 Å². The van der Waals surface area contributed by atoms with Crippen LogP contribution >= 0.6 is 0 Å². The standard InChI is InChI=1S/C11H15FN2O2/c1-11(2,3)16-10(15)14-9-6-7(13)4-5-8(9)12/h4-6H,13H2,1-3H3,(H,14,15). The van der Waals surface area contributed by atoms with Crippen molar-refractivity contribution in [3.05, 3.63) is 24.0 Å². The summed E-state index contributed by atoms with van der Waals surface area (Å²) in [7, 11) is 0. The highest BCUT2D eigenvalue weighted by Crippen LogP contribution is 2.18. The number of nitrogens with two attached hydrogens (primary N) is 1. The third-order valence-corrected chi connectivity index (χ3v) is 1.63. The highest BCUT2D eigenvalue weighted by Gasteiger charge is 2.17. The van der Waals surface area contributed by atoms with Gasteiger partial charge in [-0.3, -0.25) is 5.32 Å². The van der Waals surface area contributed by atoms with Crippen molar-refractivity contribution in [2.75, 3.05) is 11.1 Å². The van der Waals surface area contributed by atoms with Gasteiger partial charge in [-0.25, -0.2) is 9.18 Å². The molecule has 0 aliphatic heterocycles. The van der Waals surface area contributed by atoms with E-state index in [9.17, 15) is 9.18 Å². The summed E-state index contributed by atoms with van der Waals surface area (Å²) in [5.74, 6) is -0.556. The van der Waals surface area contributed by atoms with Gasteiger partial charge >= 0.3 is 6.09 Å². The number of carbonyl (C=O) groups excluding carboxylic acids is 1. The normalized spacial score (nSPS) is 11.0. The molecule has 0 saturated heterocycles. The van der Waals surface area contributed by atoms with Crippen molar-refractivity contribution >= 4 is 17.5 Å². The maximum absolute atomic E-state index is 13.2. The number of nitrogens with one attached hydrogen (secondary N) is 1. The monoisotopic (exact) mass is 226 g/mol. The van der Waals surface area contributed by atoms with Crippen LogP contribution in [0.5, 0.6) is 0 Å². The Bertz CT molecular complexity index is 399. The summed E-state index contributed by atoms with van der Waals surface area (Å²) in [6.45, 7) is 5.17. The number of ether oxygens (including phenoxy) is 1. The lowest BCUT2D eigenvalue weighted by Crippen LogP contribution is -2.27. The molecule has 0 fully saturated rings. The van der Waals surface area contributed by atoms with Gasteiger partial charge in [0.15, 0.2) is 0 Å². The van der Waals surface area contributed by atoms with Crippen molar-refractivity contribution in [2.24, 2.45) is 0 Å². The number of anilines is 2. The summed E-state index contributed by atoms with van der Waals surface area (Å²) >= 11 is 0. The largest absolute Gasteiger partial charge is 0.444 e. The van der Waals surface area contributed by atoms with E-state index in [4.69, 9.17) is 10.5 Å². The number of rotatable bonds is 1. The van der Waals surface area contributed by atoms with Gasteiger partial charge in [0.2, 0.25) is 0 Å². The predicted molar refractivity (Wildman–Crippen MR) is 60.7 cm³/mol. The highest BCUT2D eigenvalue weighted by atomic mass is 19.1. The van der Waals surface area contributed by atoms with E-state index in [0.717, 1.165) is 0 Å². The van der Waals surface area contributed by atoms with Crippen LogP contribution in [0.4, 0.5) is 20.6 Å². The first kappa shape index (κ1) is 12.3. The lowest BCUT2D eigenvalue weighted by molar-refractivity contribution is 0.0635. The first-order valence-electron chi connectivity index (χ1n) is 4.83. The van der Waals surface area contributed by atoms with Gasteiger partial charge in [-0.2, -0.15) is 0 Å². The van der Waals surface area contributed by atoms with Crippen molar-refractivity contribution in [2.45, 2.75) is 26.4 Å². The van der Waals surface area contributed by atoms with Crippen molar-refractivity contribution in [1.29, 1.82) is 0 Å². The summed E-state index contributed by atoms with van der Waals surface area (Å²) in [6, 6.07) is 3.93. The molecule has 0 bridgehead atoms. The summed E-state index contributed by atoms with van der Waals surface area (Å²) in [5, 5.41) is 2.29. The van der Waals surface area contributed by atoms with Crippen molar-refractivity contribution < 1.29 is 13.9 Å². The van der Waals surface area contributed by atoms with Crippen LogP contribution in [0.1, 0.15) is 20.8 Å². The van der Waals surface area contributed by atoms with E-state index in [1.165, 1.54) is 18.2 Å². The maximum atomic E-state index is 13.2. The van der Waals surface area contributed by atoms with Gasteiger partial charge in [0, 0.05) is 5.69 Å². The summed E-state index contributed by atoms with van der Waals surface area (Å²) < 4.78 is 18.2. The molecule has 3 N–H and O–H groups in total. The molecule has 88 valence electrons. The van der Waals surface area contributed by atoms with Crippen LogP contribution in [-0.2, 0) is 4.74 Å². The summed E-state index contributed by atoms with van der Waals surface area (Å²) in [4.78, 5) is 11.4. The summed E-state index contributed by atoms with van der Waals surface area (Å²) in [5.41, 5.74) is 5.22. The fourth-order valence-electron chi connectivity index (χ4n) is 1.05. The lowest BCUT2D eigenvalue weighted by Gasteiger charge is -2.19. The van der Waals surface area contributed by atoms with E-state index in [1.807, 2.05) is 0 Å². The number of halogens is 1. The molecule has 0 unspecified atom stereocenters. The first-order chi connectivity index (χ1) is 7.28. The predicted octanol–water partition coefficient (Wildman–Crippen LogP) is 2.75. The van der Waals surface area contributed by atoms with Crippen molar-refractivity contribution in [1.82, 2.24) is 0 Å². The van der Waals surface area contributed by atoms with Crippen LogP contribution in [-0.4, -0.2) is 11.7 Å². The van der Waals surface area contributed by atoms with Gasteiger partial charge in [0.05, 0.1) is 5.69 Å². The quantitative estimate of drug-likeness (QED) is 0.723. The minimum absolute atomic E-state index is 0.00856. The molecule has 5 heteroatoms. The Morgan fingerprint density at radius 3 is 2.62 bits per heavy atom. The smallest absolute Gasteiger partial charge is 0.412 e. The zero-order valence-corrected chi connectivity index (χ0v) is 9.50. The Kier molecular flexibility index (Phi) is 3.37. The minimum Gasteiger partial charge on any atom is -0.444 e. The zero-order valence-electron chi connectivity index (χ0n) is 9.50. The van der Waals surface area contributed by atoms with E-state index in [0.29, 0.717) is 5.69 Å². The molecule has 0 radical (unpaired) electrons. The Morgan fingerprint density at radius 1 is 1.44 bits per heavy atom. The average Bonchev–Trinajstić information content (AvgIpc) is 2.08. The van der Waals surface area contributed by atoms with Gasteiger partial charge in [-0.15, -0.1) is 0 Å². The molecule has 0 aliphatic carbocycles. The Balaban J connectivity index is 2.73.